The molecular weight excluding hydrogens is 454 g/mol. The Kier molecular flexibility index (Phi) is 7.30. The molecule has 1 saturated heterocycles. The number of ether oxygens (including phenoxy) is 3. The lowest BCUT2D eigenvalue weighted by atomic mass is 10.0. The number of nitrogens with zero attached hydrogens (tertiary/aromatic N) is 1. The molecule has 190 valence electrons. The van der Waals surface area contributed by atoms with Crippen LogP contribution >= 0.6 is 0 Å². The highest BCUT2D eigenvalue weighted by molar-refractivity contribution is 5.91. The fraction of sp³-hybridized carbons (Fsp3) is 0.414. The molecule has 2 heterocycles. The molecule has 36 heavy (non-hydrogen) atoms. The first-order valence-corrected chi connectivity index (χ1v) is 12.7. The van der Waals surface area contributed by atoms with E-state index in [4.69, 9.17) is 14.2 Å². The van der Waals surface area contributed by atoms with Gasteiger partial charge in [0.1, 0.15) is 5.75 Å². The zero-order valence-electron chi connectivity index (χ0n) is 21.3. The molecule has 0 radical (unpaired) electrons. The van der Waals surface area contributed by atoms with Crippen LogP contribution in [0.1, 0.15) is 31.4 Å². The summed E-state index contributed by atoms with van der Waals surface area (Å²) in [5, 5.41) is 9.19. The third kappa shape index (κ3) is 5.13. The minimum absolute atomic E-state index is 0.101. The summed E-state index contributed by atoms with van der Waals surface area (Å²) in [4.78, 5) is 15.5. The van der Waals surface area contributed by atoms with Crippen LogP contribution in [0.25, 0.3) is 10.8 Å². The van der Waals surface area contributed by atoms with Crippen molar-refractivity contribution in [1.29, 1.82) is 0 Å². The molecular formula is C29H35N3O4. The van der Waals surface area contributed by atoms with Crippen molar-refractivity contribution in [3.8, 4) is 17.2 Å². The van der Waals surface area contributed by atoms with Gasteiger partial charge in [0, 0.05) is 37.1 Å². The Hall–Kier alpha value is -3.29. The van der Waals surface area contributed by atoms with E-state index in [2.05, 4.69) is 53.6 Å². The first kappa shape index (κ1) is 24.4. The van der Waals surface area contributed by atoms with E-state index in [0.717, 1.165) is 54.1 Å². The minimum atomic E-state index is -0.133. The maximum Gasteiger partial charge on any atom is 0.237 e. The maximum atomic E-state index is 13.2. The molecule has 2 atom stereocenters. The Morgan fingerprint density at radius 2 is 1.89 bits per heavy atom. The van der Waals surface area contributed by atoms with Crippen molar-refractivity contribution in [1.82, 2.24) is 15.5 Å². The highest BCUT2D eigenvalue weighted by atomic mass is 16.7. The van der Waals surface area contributed by atoms with Crippen LogP contribution in [0.3, 0.4) is 0 Å². The summed E-state index contributed by atoms with van der Waals surface area (Å²) in [6.07, 6.45) is 1.55. The largest absolute Gasteiger partial charge is 0.496 e. The second-order valence-corrected chi connectivity index (χ2v) is 9.82. The van der Waals surface area contributed by atoms with Gasteiger partial charge < -0.3 is 24.8 Å². The van der Waals surface area contributed by atoms with Gasteiger partial charge in [-0.3, -0.25) is 9.69 Å². The summed E-state index contributed by atoms with van der Waals surface area (Å²) in [6.45, 7) is 6.78. The molecule has 0 unspecified atom stereocenters. The molecule has 0 aliphatic carbocycles. The molecule has 7 nitrogen and oxygen atoms in total. The Labute approximate surface area is 212 Å². The van der Waals surface area contributed by atoms with Crippen molar-refractivity contribution >= 4 is 16.7 Å². The molecule has 0 spiro atoms. The van der Waals surface area contributed by atoms with Crippen molar-refractivity contribution < 1.29 is 19.0 Å². The maximum absolute atomic E-state index is 13.2. The van der Waals surface area contributed by atoms with Crippen LogP contribution in [0, 0.1) is 0 Å². The molecule has 3 aromatic carbocycles. The van der Waals surface area contributed by atoms with Gasteiger partial charge in [0.2, 0.25) is 12.7 Å². The van der Waals surface area contributed by atoms with Crippen LogP contribution < -0.4 is 24.8 Å². The normalized spacial score (nSPS) is 19.2. The fourth-order valence-corrected chi connectivity index (χ4v) is 5.30. The van der Waals surface area contributed by atoms with Crippen LogP contribution in [0.15, 0.2) is 54.6 Å². The number of likely N-dealkylation sites (tertiary alicyclic amines) is 1. The van der Waals surface area contributed by atoms with Gasteiger partial charge in [-0.05, 0) is 61.4 Å². The molecule has 3 aromatic rings. The lowest BCUT2D eigenvalue weighted by Gasteiger charge is -2.27. The molecule has 7 heteroatoms. The highest BCUT2D eigenvalue weighted by Crippen LogP contribution is 2.32. The number of benzene rings is 3. The summed E-state index contributed by atoms with van der Waals surface area (Å²) < 4.78 is 16.4. The number of amides is 1. The average molecular weight is 490 g/mol. The number of methoxy groups -OCH3 is 1. The lowest BCUT2D eigenvalue weighted by molar-refractivity contribution is -0.126. The first-order chi connectivity index (χ1) is 17.5. The summed E-state index contributed by atoms with van der Waals surface area (Å²) in [5.41, 5.74) is 2.36. The standard InChI is InChI=1S/C29H35N3O4/c1-19(2)32-17-22(31-16-21-9-11-26(34-3)24-7-5-4-6-23(21)24)15-25(32)29(33)30-13-12-20-8-10-27-28(14-20)36-18-35-27/h4-11,14,19,22,25,31H,12-13,15-18H2,1-3H3,(H,30,33)/t22-,25-/m0/s1. The highest BCUT2D eigenvalue weighted by Gasteiger charge is 2.37. The van der Waals surface area contributed by atoms with Gasteiger partial charge in [0.05, 0.1) is 13.2 Å². The summed E-state index contributed by atoms with van der Waals surface area (Å²) in [6, 6.07) is 18.9. The Balaban J connectivity index is 1.18. The number of hydrogen-bond acceptors (Lipinski definition) is 6. The van der Waals surface area contributed by atoms with Crippen molar-refractivity contribution in [3.63, 3.8) is 0 Å². The van der Waals surface area contributed by atoms with E-state index in [1.807, 2.05) is 30.3 Å². The van der Waals surface area contributed by atoms with Gasteiger partial charge in [0.25, 0.3) is 0 Å². The molecule has 1 amide bonds. The fourth-order valence-electron chi connectivity index (χ4n) is 5.30. The van der Waals surface area contributed by atoms with Crippen molar-refractivity contribution in [2.75, 3.05) is 27.0 Å². The second kappa shape index (κ2) is 10.8. The average Bonchev–Trinajstić information content (AvgIpc) is 3.54. The number of fused-ring (bicyclic) bond motifs is 2. The van der Waals surface area contributed by atoms with Crippen LogP contribution in [0.5, 0.6) is 17.2 Å². The smallest absolute Gasteiger partial charge is 0.237 e. The van der Waals surface area contributed by atoms with Crippen molar-refractivity contribution in [2.24, 2.45) is 0 Å². The van der Waals surface area contributed by atoms with Crippen LogP contribution in [0.4, 0.5) is 0 Å². The van der Waals surface area contributed by atoms with Gasteiger partial charge in [-0.2, -0.15) is 0 Å². The predicted octanol–water partition coefficient (Wildman–Crippen LogP) is 3.88. The summed E-state index contributed by atoms with van der Waals surface area (Å²) in [7, 11) is 1.71. The molecule has 2 N–H and O–H groups in total. The van der Waals surface area contributed by atoms with E-state index in [0.29, 0.717) is 12.6 Å². The van der Waals surface area contributed by atoms with E-state index in [1.165, 1.54) is 10.9 Å². The first-order valence-electron chi connectivity index (χ1n) is 12.7. The summed E-state index contributed by atoms with van der Waals surface area (Å²) >= 11 is 0. The van der Waals surface area contributed by atoms with E-state index < -0.39 is 0 Å². The molecule has 0 saturated carbocycles. The molecule has 5 rings (SSSR count). The van der Waals surface area contributed by atoms with E-state index in [-0.39, 0.29) is 24.8 Å². The quantitative estimate of drug-likeness (QED) is 0.475. The van der Waals surface area contributed by atoms with Crippen molar-refractivity contribution in [3.05, 3.63) is 65.7 Å². The van der Waals surface area contributed by atoms with Crippen LogP contribution in [0.2, 0.25) is 0 Å². The molecule has 2 aliphatic heterocycles. The zero-order valence-corrected chi connectivity index (χ0v) is 21.3. The van der Waals surface area contributed by atoms with Gasteiger partial charge in [0.15, 0.2) is 11.5 Å². The SMILES string of the molecule is COc1ccc(CN[C@H]2C[C@@H](C(=O)NCCc3ccc4c(c3)OCO4)N(C(C)C)C2)c2ccccc12. The number of nitrogens with one attached hydrogen (secondary N) is 2. The molecule has 0 aromatic heterocycles. The summed E-state index contributed by atoms with van der Waals surface area (Å²) in [5.74, 6) is 2.55. The number of carbonyl (C=O) groups excluding carboxylic acids is 1. The third-order valence-corrected chi connectivity index (χ3v) is 7.23. The van der Waals surface area contributed by atoms with Gasteiger partial charge >= 0.3 is 0 Å². The third-order valence-electron chi connectivity index (χ3n) is 7.23. The van der Waals surface area contributed by atoms with Crippen LogP contribution in [-0.4, -0.2) is 55.9 Å². The second-order valence-electron chi connectivity index (χ2n) is 9.82. The van der Waals surface area contributed by atoms with E-state index in [9.17, 15) is 4.79 Å². The Morgan fingerprint density at radius 1 is 1.08 bits per heavy atom. The lowest BCUT2D eigenvalue weighted by Crippen LogP contribution is -2.46. The van der Waals surface area contributed by atoms with Gasteiger partial charge in [-0.25, -0.2) is 0 Å². The molecule has 1 fully saturated rings. The molecule has 0 bridgehead atoms. The predicted molar refractivity (Wildman–Crippen MR) is 141 cm³/mol. The van der Waals surface area contributed by atoms with Gasteiger partial charge in [-0.15, -0.1) is 0 Å². The number of rotatable bonds is 9. The van der Waals surface area contributed by atoms with Crippen molar-refractivity contribution in [2.45, 2.75) is 51.4 Å². The zero-order chi connectivity index (χ0) is 25.1. The monoisotopic (exact) mass is 489 g/mol. The van der Waals surface area contributed by atoms with Crippen LogP contribution in [-0.2, 0) is 17.8 Å². The molecule has 2 aliphatic rings. The number of carbonyl (C=O) groups is 1. The minimum Gasteiger partial charge on any atom is -0.496 e. The topological polar surface area (TPSA) is 72.1 Å². The van der Waals surface area contributed by atoms with Gasteiger partial charge in [-0.1, -0.05) is 36.4 Å². The van der Waals surface area contributed by atoms with E-state index in [1.54, 1.807) is 7.11 Å². The van der Waals surface area contributed by atoms with E-state index >= 15 is 0 Å². The number of hydrogen-bond donors (Lipinski definition) is 2. The Morgan fingerprint density at radius 3 is 2.69 bits per heavy atom. The Bertz CT molecular complexity index is 1230.